The number of aliphatic hydroxyl groups excluding tert-OH is 1. The van der Waals surface area contributed by atoms with Crippen LogP contribution in [0.4, 0.5) is 16.2 Å². The Hall–Kier alpha value is -4.13. The molecule has 3 rings (SSSR count). The molecule has 0 aliphatic carbocycles. The summed E-state index contributed by atoms with van der Waals surface area (Å²) in [7, 11) is 3.02. The van der Waals surface area contributed by atoms with Crippen molar-refractivity contribution in [2.24, 2.45) is 17.6 Å². The third kappa shape index (κ3) is 8.99. The van der Waals surface area contributed by atoms with E-state index in [1.54, 1.807) is 38.2 Å². The summed E-state index contributed by atoms with van der Waals surface area (Å²) in [6.45, 7) is 11.0. The second-order valence-corrected chi connectivity index (χ2v) is 11.9. The highest BCUT2D eigenvalue weighted by Crippen LogP contribution is 2.46. The van der Waals surface area contributed by atoms with Crippen LogP contribution in [0.5, 0.6) is 11.5 Å². The third-order valence-corrected chi connectivity index (χ3v) is 8.30. The van der Waals surface area contributed by atoms with Gasteiger partial charge in [0.05, 0.1) is 29.7 Å². The molecule has 0 fully saturated rings. The Labute approximate surface area is 270 Å². The number of ether oxygens (including phenoxy) is 4. The Bertz CT molecular complexity index is 1390. The lowest BCUT2D eigenvalue weighted by atomic mass is 9.87. The Morgan fingerprint density at radius 2 is 1.93 bits per heavy atom. The fraction of sp³-hybridized carbons (Fsp3) is 0.500. The average molecular weight is 642 g/mol. The van der Waals surface area contributed by atoms with E-state index >= 15 is 0 Å². The monoisotopic (exact) mass is 641 g/mol. The molecule has 46 heavy (non-hydrogen) atoms. The summed E-state index contributed by atoms with van der Waals surface area (Å²) in [5, 5.41) is 25.7. The van der Waals surface area contributed by atoms with Gasteiger partial charge in [-0.1, -0.05) is 44.2 Å². The number of hydrogen-bond donors (Lipinski definition) is 4. The van der Waals surface area contributed by atoms with E-state index in [0.717, 1.165) is 0 Å². The topological polar surface area (TPSA) is 170 Å². The van der Waals surface area contributed by atoms with Gasteiger partial charge in [-0.3, -0.25) is 9.59 Å². The van der Waals surface area contributed by atoms with Gasteiger partial charge < -0.3 is 45.1 Å². The van der Waals surface area contributed by atoms with E-state index in [-0.39, 0.29) is 49.3 Å². The van der Waals surface area contributed by atoms with Gasteiger partial charge in [0.15, 0.2) is 6.61 Å². The number of allylic oxidation sites excluding steroid dienone is 2. The first-order valence-corrected chi connectivity index (χ1v) is 15.3. The van der Waals surface area contributed by atoms with E-state index in [9.17, 15) is 24.6 Å². The van der Waals surface area contributed by atoms with Crippen molar-refractivity contribution < 1.29 is 43.5 Å². The average Bonchev–Trinajstić information content (AvgIpc) is 3.01. The first kappa shape index (κ1) is 36.3. The van der Waals surface area contributed by atoms with Crippen molar-refractivity contribution in [2.75, 3.05) is 37.6 Å². The number of anilines is 2. The lowest BCUT2D eigenvalue weighted by Crippen LogP contribution is -2.40. The molecule has 0 spiro atoms. The number of fused-ring (bicyclic) bond motifs is 4. The van der Waals surface area contributed by atoms with Crippen LogP contribution in [0.1, 0.15) is 46.1 Å². The highest BCUT2D eigenvalue weighted by molar-refractivity contribution is 6.06. The largest absolute Gasteiger partial charge is 0.505 e. The summed E-state index contributed by atoms with van der Waals surface area (Å²) in [5.41, 5.74) is 7.33. The number of nitrogens with one attached hydrogen (secondary N) is 1. The quantitative estimate of drug-likeness (QED) is 0.272. The van der Waals surface area contributed by atoms with Gasteiger partial charge in [-0.15, -0.1) is 6.58 Å². The maximum Gasteiger partial charge on any atom is 0.405 e. The van der Waals surface area contributed by atoms with Crippen LogP contribution >= 0.6 is 0 Å². The molecule has 0 saturated heterocycles. The van der Waals surface area contributed by atoms with Crippen LogP contribution in [0.15, 0.2) is 54.2 Å². The first-order chi connectivity index (χ1) is 21.8. The second kappa shape index (κ2) is 16.4. The van der Waals surface area contributed by atoms with Gasteiger partial charge in [-0.25, -0.2) is 4.79 Å². The summed E-state index contributed by atoms with van der Waals surface area (Å²) < 4.78 is 22.5. The summed E-state index contributed by atoms with van der Waals surface area (Å²) in [6.07, 6.45) is 5.52. The highest BCUT2D eigenvalue weighted by Gasteiger charge is 2.33. The van der Waals surface area contributed by atoms with Gasteiger partial charge in [0.2, 0.25) is 0 Å². The molecule has 3 amide bonds. The van der Waals surface area contributed by atoms with Crippen LogP contribution < -0.4 is 20.7 Å². The molecule has 2 aliphatic rings. The fourth-order valence-electron chi connectivity index (χ4n) is 5.76. The molecule has 0 radical (unpaired) electrons. The zero-order chi connectivity index (χ0) is 34.1. The minimum atomic E-state index is -0.942. The number of primary amides is 1. The minimum Gasteiger partial charge on any atom is -0.505 e. The lowest BCUT2D eigenvalue weighted by Gasteiger charge is -2.33. The number of carbonyl (C=O) groups is 3. The zero-order valence-corrected chi connectivity index (χ0v) is 27.4. The van der Waals surface area contributed by atoms with Crippen LogP contribution in [0.2, 0.25) is 0 Å². The van der Waals surface area contributed by atoms with Crippen LogP contribution in [0.3, 0.4) is 0 Å². The normalized spacial score (nSPS) is 26.5. The van der Waals surface area contributed by atoms with Gasteiger partial charge >= 0.3 is 6.09 Å². The number of carbonyl (C=O) groups excluding carboxylic acids is 3. The number of phenolic OH excluding ortho intramolecular Hbond substituents is 1. The molecule has 5 N–H and O–H groups in total. The van der Waals surface area contributed by atoms with E-state index < -0.39 is 42.3 Å². The maximum absolute atomic E-state index is 13.2. The first-order valence-electron chi connectivity index (χ1n) is 15.3. The van der Waals surface area contributed by atoms with Crippen LogP contribution in [0, 0.1) is 11.8 Å². The van der Waals surface area contributed by atoms with Crippen molar-refractivity contribution in [3.63, 3.8) is 0 Å². The van der Waals surface area contributed by atoms with E-state index in [2.05, 4.69) is 11.9 Å². The number of aliphatic hydroxyl groups is 1. The van der Waals surface area contributed by atoms with E-state index in [1.807, 2.05) is 19.9 Å². The lowest BCUT2D eigenvalue weighted by molar-refractivity contribution is -0.121. The zero-order valence-electron chi connectivity index (χ0n) is 27.4. The van der Waals surface area contributed by atoms with Gasteiger partial charge in [-0.2, -0.15) is 0 Å². The Morgan fingerprint density at radius 1 is 1.22 bits per heavy atom. The molecule has 12 heteroatoms. The molecule has 2 aliphatic heterocycles. The molecule has 12 nitrogen and oxygen atoms in total. The van der Waals surface area contributed by atoms with Crippen molar-refractivity contribution in [1.82, 2.24) is 0 Å². The standard InChI is InChI=1S/C34H47N3O9/c1-8-12-37-29(38)18-45-27-17-25-32(40)24(30(27)37)13-19(2)14-28(44-7)31(39)22(5)15-21(4)26(46-34(35)42)16-23(43-6)11-9-10-20(3)33(41)36-25/h8-11,15,17,19,22-23,26,28,31,39-40H,1,12-14,16,18H2,2-7H3,(H2,35,42)(H,36,41)/t19-,22+,23+,26-,28+,31-/m1/s1. The Balaban J connectivity index is 2.14. The van der Waals surface area contributed by atoms with E-state index in [0.29, 0.717) is 34.6 Å². The fourth-order valence-corrected chi connectivity index (χ4v) is 5.76. The molecule has 2 bridgehead atoms. The molecular formula is C34H47N3O9. The highest BCUT2D eigenvalue weighted by atomic mass is 16.6. The number of hydrogen-bond acceptors (Lipinski definition) is 9. The predicted octanol–water partition coefficient (Wildman–Crippen LogP) is 4.15. The Kier molecular flexibility index (Phi) is 13.0. The third-order valence-electron chi connectivity index (χ3n) is 8.30. The van der Waals surface area contributed by atoms with Gasteiger partial charge in [0.1, 0.15) is 17.6 Å². The number of rotatable bonds is 5. The SMILES string of the molecule is C=CCN1C(=O)COc2cc3c(O)c(c21)C[C@@H](C)C[C@H](OC)[C@H](O)[C@@H](C)C=C(C)[C@H](OC(N)=O)C[C@@H](OC)C=CC=C(C)C(=O)N3. The summed E-state index contributed by atoms with van der Waals surface area (Å²) >= 11 is 0. The number of nitrogens with zero attached hydrogens (tertiary/aromatic N) is 1. The van der Waals surface area contributed by atoms with Crippen molar-refractivity contribution in [3.8, 4) is 11.5 Å². The van der Waals surface area contributed by atoms with Crippen LogP contribution in [0.25, 0.3) is 0 Å². The van der Waals surface area contributed by atoms with Crippen LogP contribution in [-0.2, 0) is 30.2 Å². The molecule has 1 aromatic rings. The Morgan fingerprint density at radius 3 is 2.57 bits per heavy atom. The minimum absolute atomic E-state index is 0.128. The number of nitrogens with two attached hydrogens (primary N) is 1. The number of methoxy groups -OCH3 is 2. The van der Waals surface area contributed by atoms with Gasteiger partial charge in [0, 0.05) is 50.3 Å². The molecule has 1 aromatic carbocycles. The van der Waals surface area contributed by atoms with Crippen molar-refractivity contribution in [1.29, 1.82) is 0 Å². The molecule has 6 atom stereocenters. The van der Waals surface area contributed by atoms with Gasteiger partial charge in [0.25, 0.3) is 11.8 Å². The molecule has 0 aromatic heterocycles. The molecule has 252 valence electrons. The number of amides is 3. The van der Waals surface area contributed by atoms with E-state index in [1.165, 1.54) is 25.2 Å². The summed E-state index contributed by atoms with van der Waals surface area (Å²) in [4.78, 5) is 39.3. The summed E-state index contributed by atoms with van der Waals surface area (Å²) in [6, 6.07) is 1.51. The second-order valence-electron chi connectivity index (χ2n) is 11.9. The van der Waals surface area contributed by atoms with Gasteiger partial charge in [-0.05, 0) is 38.2 Å². The maximum atomic E-state index is 13.2. The van der Waals surface area contributed by atoms with Crippen molar-refractivity contribution in [2.45, 2.75) is 71.4 Å². The smallest absolute Gasteiger partial charge is 0.405 e. The number of phenols is 1. The van der Waals surface area contributed by atoms with Crippen molar-refractivity contribution >= 4 is 29.3 Å². The molecule has 0 unspecified atom stereocenters. The summed E-state index contributed by atoms with van der Waals surface area (Å²) in [5.74, 6) is -1.19. The number of benzene rings is 1. The number of aromatic hydroxyl groups is 1. The molecule has 0 saturated carbocycles. The van der Waals surface area contributed by atoms with Crippen molar-refractivity contribution in [3.05, 3.63) is 59.7 Å². The molecular weight excluding hydrogens is 594 g/mol. The molecule has 2 heterocycles. The van der Waals surface area contributed by atoms with Crippen LogP contribution in [-0.4, -0.2) is 79.9 Å². The predicted molar refractivity (Wildman–Crippen MR) is 175 cm³/mol. The van der Waals surface area contributed by atoms with E-state index in [4.69, 9.17) is 24.7 Å².